The van der Waals surface area contributed by atoms with Crippen LogP contribution in [-0.4, -0.2) is 5.11 Å². The molecule has 0 saturated carbocycles. The van der Waals surface area contributed by atoms with Gasteiger partial charge in [-0.15, -0.1) is 0 Å². The molecule has 0 aliphatic rings. The summed E-state index contributed by atoms with van der Waals surface area (Å²) in [5.41, 5.74) is 1.07. The molecule has 0 aliphatic heterocycles. The normalized spacial score (nSPS) is 11.2. The highest BCUT2D eigenvalue weighted by atomic mass is 16.3. The van der Waals surface area contributed by atoms with Crippen LogP contribution in [0.25, 0.3) is 10.8 Å². The highest BCUT2D eigenvalue weighted by Crippen LogP contribution is 2.29. The highest BCUT2D eigenvalue weighted by molar-refractivity contribution is 5.89. The van der Waals surface area contributed by atoms with Gasteiger partial charge in [-0.1, -0.05) is 56.7 Å². The predicted molar refractivity (Wildman–Crippen MR) is 73.4 cm³/mol. The van der Waals surface area contributed by atoms with Gasteiger partial charge in [-0.05, 0) is 29.7 Å². The predicted octanol–water partition coefficient (Wildman–Crippen LogP) is 4.52. The van der Waals surface area contributed by atoms with Crippen LogP contribution in [0.5, 0.6) is 5.75 Å². The molecular weight excluding hydrogens is 208 g/mol. The lowest BCUT2D eigenvalue weighted by atomic mass is 9.99. The summed E-state index contributed by atoms with van der Waals surface area (Å²) in [6.07, 6.45) is 3.32. The minimum absolute atomic E-state index is 0.465. The summed E-state index contributed by atoms with van der Waals surface area (Å²) in [6.45, 7) is 4.47. The van der Waals surface area contributed by atoms with Crippen LogP contribution in [-0.2, 0) is 6.42 Å². The molecule has 0 unspecified atom stereocenters. The van der Waals surface area contributed by atoms with E-state index in [1.165, 1.54) is 6.42 Å². The van der Waals surface area contributed by atoms with Crippen molar-refractivity contribution in [2.75, 3.05) is 0 Å². The number of fused-ring (bicyclic) bond motifs is 1. The fraction of sp³-hybridized carbons (Fsp3) is 0.375. The standard InChI is InChI=1S/C16H20O/c1-12(2)6-5-8-14-11-10-13-7-3-4-9-15(13)16(14)17/h3-4,7,9-12,17H,5-6,8H2,1-2H3. The zero-order valence-corrected chi connectivity index (χ0v) is 10.6. The molecule has 0 radical (unpaired) electrons. The average Bonchev–Trinajstić information content (AvgIpc) is 2.32. The maximum Gasteiger partial charge on any atom is 0.126 e. The third-order valence-electron chi connectivity index (χ3n) is 3.21. The Kier molecular flexibility index (Phi) is 3.68. The molecule has 0 heterocycles. The first kappa shape index (κ1) is 12.0. The van der Waals surface area contributed by atoms with E-state index in [0.717, 1.165) is 35.1 Å². The molecule has 0 fully saturated rings. The Hall–Kier alpha value is -1.50. The second-order valence-corrected chi connectivity index (χ2v) is 5.08. The monoisotopic (exact) mass is 228 g/mol. The highest BCUT2D eigenvalue weighted by Gasteiger charge is 2.06. The first-order valence-corrected chi connectivity index (χ1v) is 6.38. The number of hydrogen-bond donors (Lipinski definition) is 1. The van der Waals surface area contributed by atoms with Gasteiger partial charge in [0.1, 0.15) is 5.75 Å². The number of aromatic hydroxyl groups is 1. The molecule has 0 saturated heterocycles. The van der Waals surface area contributed by atoms with Gasteiger partial charge in [0.2, 0.25) is 0 Å². The molecular formula is C16H20O. The lowest BCUT2D eigenvalue weighted by Crippen LogP contribution is -1.92. The van der Waals surface area contributed by atoms with Crippen molar-refractivity contribution in [1.29, 1.82) is 0 Å². The molecule has 0 aliphatic carbocycles. The van der Waals surface area contributed by atoms with Gasteiger partial charge < -0.3 is 5.11 Å². The van der Waals surface area contributed by atoms with Crippen molar-refractivity contribution in [3.05, 3.63) is 42.0 Å². The van der Waals surface area contributed by atoms with Crippen LogP contribution in [0.15, 0.2) is 36.4 Å². The molecule has 2 rings (SSSR count). The number of aryl methyl sites for hydroxylation is 1. The summed E-state index contributed by atoms with van der Waals surface area (Å²) in [5, 5.41) is 12.3. The molecule has 0 amide bonds. The van der Waals surface area contributed by atoms with E-state index < -0.39 is 0 Å². The molecule has 0 spiro atoms. The molecule has 2 aromatic rings. The summed E-state index contributed by atoms with van der Waals surface area (Å²) >= 11 is 0. The van der Waals surface area contributed by atoms with E-state index in [4.69, 9.17) is 0 Å². The molecule has 0 aromatic heterocycles. The van der Waals surface area contributed by atoms with Crippen LogP contribution in [0.1, 0.15) is 32.3 Å². The summed E-state index contributed by atoms with van der Waals surface area (Å²) < 4.78 is 0. The van der Waals surface area contributed by atoms with Crippen LogP contribution in [0.4, 0.5) is 0 Å². The quantitative estimate of drug-likeness (QED) is 0.815. The van der Waals surface area contributed by atoms with Crippen LogP contribution < -0.4 is 0 Å². The Bertz CT molecular complexity index is 500. The molecule has 1 N–H and O–H groups in total. The smallest absolute Gasteiger partial charge is 0.126 e. The van der Waals surface area contributed by atoms with Crippen molar-refractivity contribution in [3.8, 4) is 5.75 Å². The Morgan fingerprint density at radius 1 is 1.06 bits per heavy atom. The fourth-order valence-electron chi connectivity index (χ4n) is 2.20. The van der Waals surface area contributed by atoms with E-state index in [9.17, 15) is 5.11 Å². The first-order valence-electron chi connectivity index (χ1n) is 6.38. The van der Waals surface area contributed by atoms with E-state index in [1.807, 2.05) is 24.3 Å². The topological polar surface area (TPSA) is 20.2 Å². The number of hydrogen-bond acceptors (Lipinski definition) is 1. The molecule has 90 valence electrons. The Morgan fingerprint density at radius 3 is 2.59 bits per heavy atom. The number of benzene rings is 2. The van der Waals surface area contributed by atoms with E-state index in [0.29, 0.717) is 5.75 Å². The first-order chi connectivity index (χ1) is 8.18. The van der Waals surface area contributed by atoms with Crippen molar-refractivity contribution in [2.45, 2.75) is 33.1 Å². The largest absolute Gasteiger partial charge is 0.507 e. The SMILES string of the molecule is CC(C)CCCc1ccc2ccccc2c1O. The second-order valence-electron chi connectivity index (χ2n) is 5.08. The number of rotatable bonds is 4. The minimum Gasteiger partial charge on any atom is -0.507 e. The summed E-state index contributed by atoms with van der Waals surface area (Å²) in [5.74, 6) is 1.20. The van der Waals surface area contributed by atoms with Gasteiger partial charge in [0.25, 0.3) is 0 Å². The van der Waals surface area contributed by atoms with Crippen LogP contribution >= 0.6 is 0 Å². The van der Waals surface area contributed by atoms with Crippen LogP contribution in [0.3, 0.4) is 0 Å². The number of phenolic OH excluding ortho intramolecular Hbond substituents is 1. The summed E-state index contributed by atoms with van der Waals surface area (Å²) in [6, 6.07) is 12.1. The lowest BCUT2D eigenvalue weighted by molar-refractivity contribution is 0.470. The Labute approximate surface area is 103 Å². The van der Waals surface area contributed by atoms with Gasteiger partial charge in [-0.25, -0.2) is 0 Å². The zero-order valence-electron chi connectivity index (χ0n) is 10.6. The van der Waals surface area contributed by atoms with E-state index in [-0.39, 0.29) is 0 Å². The number of phenols is 1. The van der Waals surface area contributed by atoms with Gasteiger partial charge in [-0.2, -0.15) is 0 Å². The van der Waals surface area contributed by atoms with Gasteiger partial charge in [0, 0.05) is 5.39 Å². The van der Waals surface area contributed by atoms with Crippen molar-refractivity contribution in [3.63, 3.8) is 0 Å². The van der Waals surface area contributed by atoms with Crippen molar-refractivity contribution in [2.24, 2.45) is 5.92 Å². The maximum absolute atomic E-state index is 10.2. The van der Waals surface area contributed by atoms with Crippen molar-refractivity contribution >= 4 is 10.8 Å². The molecule has 17 heavy (non-hydrogen) atoms. The van der Waals surface area contributed by atoms with Crippen molar-refractivity contribution in [1.82, 2.24) is 0 Å². The third-order valence-corrected chi connectivity index (χ3v) is 3.21. The average molecular weight is 228 g/mol. The van der Waals surface area contributed by atoms with Crippen molar-refractivity contribution < 1.29 is 5.11 Å². The Balaban J connectivity index is 2.21. The van der Waals surface area contributed by atoms with Gasteiger partial charge >= 0.3 is 0 Å². The van der Waals surface area contributed by atoms with Crippen LogP contribution in [0.2, 0.25) is 0 Å². The zero-order chi connectivity index (χ0) is 12.3. The maximum atomic E-state index is 10.2. The Morgan fingerprint density at radius 2 is 1.82 bits per heavy atom. The third kappa shape index (κ3) is 2.79. The van der Waals surface area contributed by atoms with Gasteiger partial charge in [0.15, 0.2) is 0 Å². The molecule has 2 aromatic carbocycles. The summed E-state index contributed by atoms with van der Waals surface area (Å²) in [4.78, 5) is 0. The molecule has 0 atom stereocenters. The van der Waals surface area contributed by atoms with Crippen LogP contribution in [0, 0.1) is 5.92 Å². The summed E-state index contributed by atoms with van der Waals surface area (Å²) in [7, 11) is 0. The van der Waals surface area contributed by atoms with E-state index in [2.05, 4.69) is 26.0 Å². The molecule has 1 heteroatoms. The lowest BCUT2D eigenvalue weighted by Gasteiger charge is -2.09. The second kappa shape index (κ2) is 5.22. The minimum atomic E-state index is 0.465. The van der Waals surface area contributed by atoms with E-state index >= 15 is 0 Å². The van der Waals surface area contributed by atoms with Gasteiger partial charge in [-0.3, -0.25) is 0 Å². The van der Waals surface area contributed by atoms with Gasteiger partial charge in [0.05, 0.1) is 0 Å². The molecule has 0 bridgehead atoms. The fourth-order valence-corrected chi connectivity index (χ4v) is 2.20. The van der Waals surface area contributed by atoms with E-state index in [1.54, 1.807) is 0 Å². The molecule has 1 nitrogen and oxygen atoms in total.